The van der Waals surface area contributed by atoms with Gasteiger partial charge in [-0.3, -0.25) is 0 Å². The Morgan fingerprint density at radius 1 is 1.12 bits per heavy atom. The number of nitrogens with one attached hydrogen (secondary N) is 1. The summed E-state index contributed by atoms with van der Waals surface area (Å²) in [5.74, 6) is 1.44. The first-order chi connectivity index (χ1) is 12.1. The van der Waals surface area contributed by atoms with Crippen molar-refractivity contribution in [3.8, 4) is 0 Å². The van der Waals surface area contributed by atoms with Crippen LogP contribution in [0.5, 0.6) is 0 Å². The second kappa shape index (κ2) is 6.37. The van der Waals surface area contributed by atoms with Crippen molar-refractivity contribution in [2.45, 2.75) is 20.3 Å². The highest BCUT2D eigenvalue weighted by Gasteiger charge is 2.22. The zero-order chi connectivity index (χ0) is 17.4. The van der Waals surface area contributed by atoms with E-state index in [1.165, 1.54) is 11.3 Å². The number of aryl methyl sites for hydroxylation is 2. The van der Waals surface area contributed by atoms with Crippen molar-refractivity contribution in [2.24, 2.45) is 0 Å². The van der Waals surface area contributed by atoms with Crippen LogP contribution in [0.3, 0.4) is 0 Å². The zero-order valence-electron chi connectivity index (χ0n) is 14.3. The molecule has 4 rings (SSSR count). The summed E-state index contributed by atoms with van der Waals surface area (Å²) in [4.78, 5) is 11.3. The number of para-hydroxylation sites is 1. The van der Waals surface area contributed by atoms with Crippen LogP contribution in [0, 0.1) is 13.8 Å². The predicted molar refractivity (Wildman–Crippen MR) is 103 cm³/mol. The highest BCUT2D eigenvalue weighted by atomic mass is 35.5. The minimum absolute atomic E-state index is 0.698. The molecule has 2 aromatic carbocycles. The molecule has 126 valence electrons. The van der Waals surface area contributed by atoms with Gasteiger partial charge in [0.2, 0.25) is 5.95 Å². The van der Waals surface area contributed by atoms with Gasteiger partial charge in [-0.1, -0.05) is 35.9 Å². The molecule has 0 spiro atoms. The molecule has 0 aliphatic carbocycles. The van der Waals surface area contributed by atoms with E-state index in [1.54, 1.807) is 6.20 Å². The van der Waals surface area contributed by atoms with Crippen LogP contribution in [0.2, 0.25) is 5.02 Å². The standard InChI is InChI=1S/C20H19ClN4/c1-13-11-14(2)19(16(21)12-13)23-18-7-9-22-20(24-18)25-10-8-15-5-3-4-6-17(15)25/h3-7,9,11-12H,8,10H2,1-2H3,(H,22,23,24). The van der Waals surface area contributed by atoms with Crippen LogP contribution in [0.25, 0.3) is 0 Å². The first-order valence-corrected chi connectivity index (χ1v) is 8.72. The van der Waals surface area contributed by atoms with Crippen LogP contribution in [0.1, 0.15) is 16.7 Å². The molecule has 25 heavy (non-hydrogen) atoms. The molecule has 0 amide bonds. The first-order valence-electron chi connectivity index (χ1n) is 8.34. The topological polar surface area (TPSA) is 41.1 Å². The van der Waals surface area contributed by atoms with Crippen LogP contribution in [0.4, 0.5) is 23.1 Å². The molecule has 0 radical (unpaired) electrons. The zero-order valence-corrected chi connectivity index (χ0v) is 15.0. The van der Waals surface area contributed by atoms with E-state index >= 15 is 0 Å². The molecule has 0 fully saturated rings. The van der Waals surface area contributed by atoms with E-state index in [4.69, 9.17) is 16.6 Å². The summed E-state index contributed by atoms with van der Waals surface area (Å²) < 4.78 is 0. The van der Waals surface area contributed by atoms with Gasteiger partial charge in [0.1, 0.15) is 5.82 Å². The Morgan fingerprint density at radius 2 is 1.96 bits per heavy atom. The lowest BCUT2D eigenvalue weighted by atomic mass is 10.1. The van der Waals surface area contributed by atoms with Gasteiger partial charge in [0.15, 0.2) is 0 Å². The van der Waals surface area contributed by atoms with Crippen LogP contribution >= 0.6 is 11.6 Å². The second-order valence-electron chi connectivity index (χ2n) is 6.34. The molecule has 1 aliphatic heterocycles. The maximum atomic E-state index is 6.40. The van der Waals surface area contributed by atoms with Gasteiger partial charge >= 0.3 is 0 Å². The van der Waals surface area contributed by atoms with Gasteiger partial charge in [0, 0.05) is 18.4 Å². The van der Waals surface area contributed by atoms with E-state index in [-0.39, 0.29) is 0 Å². The summed E-state index contributed by atoms with van der Waals surface area (Å²) in [6, 6.07) is 14.3. The maximum absolute atomic E-state index is 6.40. The summed E-state index contributed by atoms with van der Waals surface area (Å²) >= 11 is 6.40. The Labute approximate surface area is 152 Å². The van der Waals surface area contributed by atoms with Crippen molar-refractivity contribution in [3.63, 3.8) is 0 Å². The lowest BCUT2D eigenvalue weighted by Gasteiger charge is -2.18. The molecule has 1 N–H and O–H groups in total. The van der Waals surface area contributed by atoms with E-state index in [1.807, 2.05) is 26.0 Å². The normalized spacial score (nSPS) is 13.0. The molecular weight excluding hydrogens is 332 g/mol. The Kier molecular flexibility index (Phi) is 4.06. The Bertz CT molecular complexity index is 915. The molecule has 0 atom stereocenters. The highest BCUT2D eigenvalue weighted by molar-refractivity contribution is 6.33. The van der Waals surface area contributed by atoms with Crippen molar-refractivity contribution in [3.05, 3.63) is 70.4 Å². The van der Waals surface area contributed by atoms with Gasteiger partial charge in [0.25, 0.3) is 0 Å². The fraction of sp³-hybridized carbons (Fsp3) is 0.200. The Balaban J connectivity index is 1.65. The predicted octanol–water partition coefficient (Wildman–Crippen LogP) is 5.18. The van der Waals surface area contributed by atoms with Crippen LogP contribution in [0.15, 0.2) is 48.7 Å². The number of fused-ring (bicyclic) bond motifs is 1. The molecule has 2 heterocycles. The highest BCUT2D eigenvalue weighted by Crippen LogP contribution is 2.34. The largest absolute Gasteiger partial charge is 0.339 e. The monoisotopic (exact) mass is 350 g/mol. The number of hydrogen-bond acceptors (Lipinski definition) is 4. The van der Waals surface area contributed by atoms with Crippen LogP contribution in [-0.4, -0.2) is 16.5 Å². The van der Waals surface area contributed by atoms with Gasteiger partial charge in [-0.2, -0.15) is 4.98 Å². The van der Waals surface area contributed by atoms with Gasteiger partial charge in [0.05, 0.1) is 10.7 Å². The quantitative estimate of drug-likeness (QED) is 0.706. The van der Waals surface area contributed by atoms with Crippen molar-refractivity contribution in [1.82, 2.24) is 9.97 Å². The first kappa shape index (κ1) is 15.9. The smallest absolute Gasteiger partial charge is 0.231 e. The van der Waals surface area contributed by atoms with Gasteiger partial charge in [-0.05, 0) is 55.2 Å². The Morgan fingerprint density at radius 3 is 2.80 bits per heavy atom. The maximum Gasteiger partial charge on any atom is 0.231 e. The number of rotatable bonds is 3. The minimum Gasteiger partial charge on any atom is -0.339 e. The molecule has 3 aromatic rings. The van der Waals surface area contributed by atoms with E-state index in [2.05, 4.69) is 45.5 Å². The third-order valence-corrected chi connectivity index (χ3v) is 4.75. The van der Waals surface area contributed by atoms with Crippen molar-refractivity contribution in [2.75, 3.05) is 16.8 Å². The Hall–Kier alpha value is -2.59. The number of halogens is 1. The number of benzene rings is 2. The van der Waals surface area contributed by atoms with E-state index in [9.17, 15) is 0 Å². The van der Waals surface area contributed by atoms with E-state index < -0.39 is 0 Å². The van der Waals surface area contributed by atoms with Gasteiger partial charge in [-0.25, -0.2) is 4.98 Å². The third-order valence-electron chi connectivity index (χ3n) is 4.46. The SMILES string of the molecule is Cc1cc(C)c(Nc2ccnc(N3CCc4ccccc43)n2)c(Cl)c1. The second-order valence-corrected chi connectivity index (χ2v) is 6.74. The summed E-state index contributed by atoms with van der Waals surface area (Å²) in [7, 11) is 0. The number of aromatic nitrogens is 2. The van der Waals surface area contributed by atoms with E-state index in [0.717, 1.165) is 35.6 Å². The molecule has 0 unspecified atom stereocenters. The molecule has 0 saturated heterocycles. The summed E-state index contributed by atoms with van der Waals surface area (Å²) in [6.45, 7) is 4.98. The van der Waals surface area contributed by atoms with Crippen LogP contribution in [-0.2, 0) is 6.42 Å². The molecule has 0 saturated carbocycles. The van der Waals surface area contributed by atoms with Crippen molar-refractivity contribution < 1.29 is 0 Å². The molecular formula is C20H19ClN4. The molecule has 5 heteroatoms. The van der Waals surface area contributed by atoms with E-state index in [0.29, 0.717) is 11.0 Å². The lowest BCUT2D eigenvalue weighted by Crippen LogP contribution is -2.16. The minimum atomic E-state index is 0.698. The number of anilines is 4. The summed E-state index contributed by atoms with van der Waals surface area (Å²) in [5, 5.41) is 4.04. The summed E-state index contributed by atoms with van der Waals surface area (Å²) in [6.07, 6.45) is 2.79. The molecule has 1 aliphatic rings. The molecule has 0 bridgehead atoms. The van der Waals surface area contributed by atoms with Crippen LogP contribution < -0.4 is 10.2 Å². The molecule has 1 aromatic heterocycles. The van der Waals surface area contributed by atoms with Crippen molar-refractivity contribution in [1.29, 1.82) is 0 Å². The van der Waals surface area contributed by atoms with Crippen molar-refractivity contribution >= 4 is 34.7 Å². The fourth-order valence-corrected chi connectivity index (χ4v) is 3.66. The van der Waals surface area contributed by atoms with Gasteiger partial charge in [-0.15, -0.1) is 0 Å². The molecule has 4 nitrogen and oxygen atoms in total. The number of hydrogen-bond donors (Lipinski definition) is 1. The lowest BCUT2D eigenvalue weighted by molar-refractivity contribution is 0.941. The average Bonchev–Trinajstić information content (AvgIpc) is 3.02. The summed E-state index contributed by atoms with van der Waals surface area (Å²) in [5.41, 5.74) is 5.65. The number of nitrogens with zero attached hydrogens (tertiary/aromatic N) is 3. The fourth-order valence-electron chi connectivity index (χ4n) is 3.30. The average molecular weight is 351 g/mol. The third kappa shape index (κ3) is 3.05. The van der Waals surface area contributed by atoms with Gasteiger partial charge < -0.3 is 10.2 Å².